The Hall–Kier alpha value is -2.71. The first kappa shape index (κ1) is 20.0. The number of thiazole rings is 1. The Balaban J connectivity index is 1.36. The quantitative estimate of drug-likeness (QED) is 0.239. The Morgan fingerprint density at radius 3 is 2.57 bits per heavy atom. The summed E-state index contributed by atoms with van der Waals surface area (Å²) in [6.07, 6.45) is 7.36. The zero-order valence-corrected chi connectivity index (χ0v) is 16.9. The average Bonchev–Trinajstić information content (AvgIpc) is 3.11. The van der Waals surface area contributed by atoms with E-state index in [0.717, 1.165) is 48.5 Å². The predicted molar refractivity (Wildman–Crippen MR) is 115 cm³/mol. The first-order valence-corrected chi connectivity index (χ1v) is 10.2. The molecule has 0 aliphatic carbocycles. The summed E-state index contributed by atoms with van der Waals surface area (Å²) in [6.45, 7) is 0.805. The van der Waals surface area contributed by atoms with E-state index in [1.165, 1.54) is 16.9 Å². The maximum absolute atomic E-state index is 7.20. The van der Waals surface area contributed by atoms with E-state index >= 15 is 0 Å². The lowest BCUT2D eigenvalue weighted by molar-refractivity contribution is 0.749. The summed E-state index contributed by atoms with van der Waals surface area (Å²) in [4.78, 5) is 13.1. The van der Waals surface area contributed by atoms with Crippen molar-refractivity contribution in [3.05, 3.63) is 63.9 Å². The van der Waals surface area contributed by atoms with Crippen LogP contribution in [0.3, 0.4) is 0 Å². The number of guanidine groups is 1. The second kappa shape index (κ2) is 10.0. The molecule has 1 aromatic carbocycles. The van der Waals surface area contributed by atoms with Gasteiger partial charge in [0.05, 0.1) is 5.69 Å². The predicted octanol–water partition coefficient (Wildman–Crippen LogP) is 3.92. The summed E-state index contributed by atoms with van der Waals surface area (Å²) in [7, 11) is 0. The zero-order valence-electron chi connectivity index (χ0n) is 15.3. The number of hydrogen-bond donors (Lipinski definition) is 4. The van der Waals surface area contributed by atoms with Crippen LogP contribution in [0.2, 0.25) is 5.02 Å². The highest BCUT2D eigenvalue weighted by molar-refractivity contribution is 7.13. The maximum Gasteiger partial charge on any atom is 0.222 e. The number of halogens is 1. The first-order valence-electron chi connectivity index (χ1n) is 8.93. The van der Waals surface area contributed by atoms with Crippen LogP contribution in [0.1, 0.15) is 29.7 Å². The number of nitrogens with one attached hydrogen (secondary N) is 3. The van der Waals surface area contributed by atoms with Crippen LogP contribution in [-0.4, -0.2) is 27.5 Å². The fourth-order valence-electron chi connectivity index (χ4n) is 2.60. The standard InChI is InChI=1S/C19H22ClN7S/c20-15-6-4-13(5-7-15)9-14-10-24-18(25-11-14)23-8-2-1-3-16-12-28-19(26-16)27-17(21)22/h4-7,10-12H,1-3,8-9H2,(H,23,24,25)(H4,21,22,26,27). The molecular weight excluding hydrogens is 394 g/mol. The highest BCUT2D eigenvalue weighted by Crippen LogP contribution is 2.17. The van der Waals surface area contributed by atoms with E-state index in [2.05, 4.69) is 25.6 Å². The summed E-state index contributed by atoms with van der Waals surface area (Å²) in [5, 5.41) is 16.5. The van der Waals surface area contributed by atoms with Gasteiger partial charge in [0.1, 0.15) is 0 Å². The van der Waals surface area contributed by atoms with Gasteiger partial charge < -0.3 is 16.4 Å². The number of benzene rings is 1. The highest BCUT2D eigenvalue weighted by atomic mass is 35.5. The minimum absolute atomic E-state index is 0.0933. The number of aryl methyl sites for hydroxylation is 1. The fourth-order valence-corrected chi connectivity index (χ4v) is 3.48. The summed E-state index contributed by atoms with van der Waals surface area (Å²) in [5.74, 6) is 0.547. The monoisotopic (exact) mass is 415 g/mol. The van der Waals surface area contributed by atoms with Gasteiger partial charge in [-0.3, -0.25) is 5.41 Å². The molecule has 146 valence electrons. The maximum atomic E-state index is 7.20. The number of rotatable bonds is 9. The van der Waals surface area contributed by atoms with Crippen LogP contribution in [0.4, 0.5) is 11.1 Å². The van der Waals surface area contributed by atoms with Crippen LogP contribution < -0.4 is 16.4 Å². The van der Waals surface area contributed by atoms with E-state index < -0.39 is 0 Å². The number of anilines is 2. The minimum atomic E-state index is -0.0933. The van der Waals surface area contributed by atoms with Gasteiger partial charge in [-0.05, 0) is 42.5 Å². The molecule has 0 spiro atoms. The van der Waals surface area contributed by atoms with Crippen LogP contribution in [0, 0.1) is 5.41 Å². The molecule has 0 fully saturated rings. The number of nitrogens with zero attached hydrogens (tertiary/aromatic N) is 3. The smallest absolute Gasteiger partial charge is 0.222 e. The van der Waals surface area contributed by atoms with Gasteiger partial charge in [0.15, 0.2) is 11.1 Å². The van der Waals surface area contributed by atoms with Gasteiger partial charge in [-0.25, -0.2) is 15.0 Å². The molecule has 0 aliphatic heterocycles. The molecule has 2 heterocycles. The van der Waals surface area contributed by atoms with Crippen LogP contribution in [-0.2, 0) is 12.8 Å². The molecule has 0 bridgehead atoms. The molecule has 0 unspecified atom stereocenters. The van der Waals surface area contributed by atoms with E-state index in [4.69, 9.17) is 22.7 Å². The average molecular weight is 416 g/mol. The van der Waals surface area contributed by atoms with Crippen molar-refractivity contribution in [3.8, 4) is 0 Å². The Kier molecular flexibility index (Phi) is 7.16. The van der Waals surface area contributed by atoms with Crippen molar-refractivity contribution >= 4 is 40.0 Å². The molecule has 2 aromatic heterocycles. The lowest BCUT2D eigenvalue weighted by atomic mass is 10.1. The molecule has 0 amide bonds. The first-order chi connectivity index (χ1) is 13.6. The third-order valence-electron chi connectivity index (χ3n) is 3.96. The lowest BCUT2D eigenvalue weighted by Crippen LogP contribution is -2.20. The van der Waals surface area contributed by atoms with Gasteiger partial charge in [-0.1, -0.05) is 23.7 Å². The molecule has 0 aliphatic rings. The Morgan fingerprint density at radius 2 is 1.86 bits per heavy atom. The van der Waals surface area contributed by atoms with Gasteiger partial charge in [-0.2, -0.15) is 0 Å². The second-order valence-corrected chi connectivity index (χ2v) is 7.58. The van der Waals surface area contributed by atoms with E-state index in [-0.39, 0.29) is 5.96 Å². The Labute approximate surface area is 172 Å². The summed E-state index contributed by atoms with van der Waals surface area (Å²) >= 11 is 7.36. The summed E-state index contributed by atoms with van der Waals surface area (Å²) < 4.78 is 0. The topological polar surface area (TPSA) is 113 Å². The zero-order chi connectivity index (χ0) is 19.8. The number of unbranched alkanes of at least 4 members (excludes halogenated alkanes) is 1. The second-order valence-electron chi connectivity index (χ2n) is 6.28. The number of hydrogen-bond acceptors (Lipinski definition) is 6. The highest BCUT2D eigenvalue weighted by Gasteiger charge is 2.03. The van der Waals surface area contributed by atoms with Crippen molar-refractivity contribution in [2.75, 3.05) is 17.2 Å². The third-order valence-corrected chi connectivity index (χ3v) is 5.02. The molecule has 0 radical (unpaired) electrons. The minimum Gasteiger partial charge on any atom is -0.370 e. The Morgan fingerprint density at radius 1 is 1.11 bits per heavy atom. The van der Waals surface area contributed by atoms with Gasteiger partial charge in [-0.15, -0.1) is 11.3 Å². The van der Waals surface area contributed by atoms with Gasteiger partial charge in [0.2, 0.25) is 5.95 Å². The number of nitrogens with two attached hydrogens (primary N) is 1. The van der Waals surface area contributed by atoms with Crippen molar-refractivity contribution < 1.29 is 0 Å². The molecule has 9 heteroatoms. The molecule has 3 aromatic rings. The van der Waals surface area contributed by atoms with Crippen molar-refractivity contribution in [2.45, 2.75) is 25.7 Å². The van der Waals surface area contributed by atoms with Gasteiger partial charge in [0, 0.05) is 35.8 Å². The molecule has 28 heavy (non-hydrogen) atoms. The normalized spacial score (nSPS) is 10.6. The van der Waals surface area contributed by atoms with Crippen molar-refractivity contribution in [1.82, 2.24) is 15.0 Å². The van der Waals surface area contributed by atoms with Crippen LogP contribution >= 0.6 is 22.9 Å². The molecular formula is C19H22ClN7S. The molecule has 0 saturated carbocycles. The molecule has 7 nitrogen and oxygen atoms in total. The van der Waals surface area contributed by atoms with Crippen LogP contribution in [0.5, 0.6) is 0 Å². The van der Waals surface area contributed by atoms with Crippen molar-refractivity contribution in [2.24, 2.45) is 5.73 Å². The van der Waals surface area contributed by atoms with E-state index in [1.807, 2.05) is 42.0 Å². The van der Waals surface area contributed by atoms with E-state index in [1.54, 1.807) is 0 Å². The lowest BCUT2D eigenvalue weighted by Gasteiger charge is -2.06. The van der Waals surface area contributed by atoms with Crippen LogP contribution in [0.15, 0.2) is 42.0 Å². The van der Waals surface area contributed by atoms with E-state index in [0.29, 0.717) is 11.1 Å². The number of aromatic nitrogens is 3. The third kappa shape index (κ3) is 6.47. The van der Waals surface area contributed by atoms with Gasteiger partial charge in [0.25, 0.3) is 0 Å². The van der Waals surface area contributed by atoms with Crippen LogP contribution in [0.25, 0.3) is 0 Å². The molecule has 0 saturated heterocycles. The summed E-state index contributed by atoms with van der Waals surface area (Å²) in [6, 6.07) is 7.80. The van der Waals surface area contributed by atoms with Crippen molar-refractivity contribution in [1.29, 1.82) is 5.41 Å². The van der Waals surface area contributed by atoms with Gasteiger partial charge >= 0.3 is 0 Å². The SMILES string of the molecule is N=C(N)Nc1nc(CCCCNc2ncc(Cc3ccc(Cl)cc3)cn2)cs1. The Bertz CT molecular complexity index is 893. The molecule has 5 N–H and O–H groups in total. The van der Waals surface area contributed by atoms with E-state index in [9.17, 15) is 0 Å². The molecule has 3 rings (SSSR count). The summed E-state index contributed by atoms with van der Waals surface area (Å²) in [5.41, 5.74) is 8.55. The largest absolute Gasteiger partial charge is 0.370 e. The molecule has 0 atom stereocenters. The fraction of sp³-hybridized carbons (Fsp3) is 0.263. The van der Waals surface area contributed by atoms with Crippen molar-refractivity contribution in [3.63, 3.8) is 0 Å².